The molecule has 0 aliphatic carbocycles. The Hall–Kier alpha value is -2.28. The highest BCUT2D eigenvalue weighted by molar-refractivity contribution is 7.22. The number of aryl methyl sites for hydroxylation is 1. The second-order valence-corrected chi connectivity index (χ2v) is 6.34. The summed E-state index contributed by atoms with van der Waals surface area (Å²) in [5.74, 6) is 1.01. The zero-order valence-corrected chi connectivity index (χ0v) is 13.1. The van der Waals surface area contributed by atoms with Gasteiger partial charge in [-0.3, -0.25) is 4.98 Å². The first-order chi connectivity index (χ1) is 10.8. The number of aromatic nitrogens is 4. The number of thiazole rings is 1. The number of piperazine rings is 1. The number of anilines is 2. The Morgan fingerprint density at radius 3 is 2.68 bits per heavy atom. The first-order valence-corrected chi connectivity index (χ1v) is 8.10. The van der Waals surface area contributed by atoms with Crippen LogP contribution in [0, 0.1) is 6.92 Å². The molecule has 112 valence electrons. The number of rotatable bonds is 2. The molecule has 0 amide bonds. The van der Waals surface area contributed by atoms with Crippen molar-refractivity contribution in [3.63, 3.8) is 0 Å². The average Bonchev–Trinajstić information content (AvgIpc) is 2.99. The van der Waals surface area contributed by atoms with Gasteiger partial charge in [0.15, 0.2) is 5.13 Å². The van der Waals surface area contributed by atoms with E-state index in [9.17, 15) is 0 Å². The molecule has 1 aliphatic heterocycles. The van der Waals surface area contributed by atoms with Crippen molar-refractivity contribution in [2.75, 3.05) is 36.0 Å². The zero-order valence-electron chi connectivity index (χ0n) is 12.3. The van der Waals surface area contributed by atoms with E-state index in [1.54, 1.807) is 17.7 Å². The quantitative estimate of drug-likeness (QED) is 0.722. The second kappa shape index (κ2) is 5.49. The number of nitrogens with zero attached hydrogens (tertiary/aromatic N) is 6. The van der Waals surface area contributed by atoms with Crippen LogP contribution in [0.5, 0.6) is 0 Å². The molecule has 0 atom stereocenters. The van der Waals surface area contributed by atoms with E-state index in [2.05, 4.69) is 29.7 Å². The minimum absolute atomic E-state index is 0.949. The molecule has 4 heterocycles. The van der Waals surface area contributed by atoms with Crippen LogP contribution in [0.4, 0.5) is 10.9 Å². The van der Waals surface area contributed by atoms with E-state index in [-0.39, 0.29) is 0 Å². The van der Waals surface area contributed by atoms with Crippen LogP contribution in [0.2, 0.25) is 0 Å². The van der Waals surface area contributed by atoms with Crippen LogP contribution in [0.1, 0.15) is 5.69 Å². The molecule has 0 saturated carbocycles. The Kier molecular flexibility index (Phi) is 3.34. The van der Waals surface area contributed by atoms with Crippen molar-refractivity contribution >= 4 is 32.5 Å². The molecule has 3 aromatic rings. The minimum Gasteiger partial charge on any atom is -0.353 e. The molecule has 0 bridgehead atoms. The second-order valence-electron chi connectivity index (χ2n) is 5.33. The Labute approximate surface area is 132 Å². The summed E-state index contributed by atoms with van der Waals surface area (Å²) in [7, 11) is 0. The van der Waals surface area contributed by atoms with Gasteiger partial charge in [-0.15, -0.1) is 0 Å². The maximum atomic E-state index is 4.69. The van der Waals surface area contributed by atoms with Crippen molar-refractivity contribution < 1.29 is 0 Å². The van der Waals surface area contributed by atoms with Crippen molar-refractivity contribution in [1.82, 2.24) is 19.9 Å². The molecule has 22 heavy (non-hydrogen) atoms. The SMILES string of the molecule is Cc1cc(N2CCN(c3nc4cnccc4s3)CC2)ncn1. The normalized spacial score (nSPS) is 15.5. The molecular weight excluding hydrogens is 296 g/mol. The van der Waals surface area contributed by atoms with E-state index in [1.807, 2.05) is 31.5 Å². The van der Waals surface area contributed by atoms with E-state index >= 15 is 0 Å². The molecule has 0 unspecified atom stereocenters. The van der Waals surface area contributed by atoms with Gasteiger partial charge < -0.3 is 9.80 Å². The van der Waals surface area contributed by atoms with Gasteiger partial charge in [0.25, 0.3) is 0 Å². The van der Waals surface area contributed by atoms with Crippen molar-refractivity contribution in [3.05, 3.63) is 36.5 Å². The van der Waals surface area contributed by atoms with Crippen LogP contribution < -0.4 is 9.80 Å². The summed E-state index contributed by atoms with van der Waals surface area (Å²) in [6, 6.07) is 4.06. The van der Waals surface area contributed by atoms with E-state index in [0.717, 1.165) is 48.3 Å². The number of fused-ring (bicyclic) bond motifs is 1. The van der Waals surface area contributed by atoms with Crippen molar-refractivity contribution in [2.45, 2.75) is 6.92 Å². The van der Waals surface area contributed by atoms with E-state index < -0.39 is 0 Å². The van der Waals surface area contributed by atoms with Gasteiger partial charge in [-0.05, 0) is 13.0 Å². The highest BCUT2D eigenvalue weighted by Gasteiger charge is 2.20. The summed E-state index contributed by atoms with van der Waals surface area (Å²) in [4.78, 5) is 22.0. The molecule has 3 aromatic heterocycles. The summed E-state index contributed by atoms with van der Waals surface area (Å²) < 4.78 is 1.19. The molecule has 0 N–H and O–H groups in total. The van der Waals surface area contributed by atoms with Crippen LogP contribution in [0.3, 0.4) is 0 Å². The Bertz CT molecular complexity index is 760. The smallest absolute Gasteiger partial charge is 0.186 e. The Morgan fingerprint density at radius 2 is 1.91 bits per heavy atom. The van der Waals surface area contributed by atoms with Gasteiger partial charge in [0.2, 0.25) is 0 Å². The van der Waals surface area contributed by atoms with Crippen LogP contribution in [-0.4, -0.2) is 46.1 Å². The van der Waals surface area contributed by atoms with Gasteiger partial charge >= 0.3 is 0 Å². The fraction of sp³-hybridized carbons (Fsp3) is 0.333. The van der Waals surface area contributed by atoms with Crippen molar-refractivity contribution in [2.24, 2.45) is 0 Å². The fourth-order valence-electron chi connectivity index (χ4n) is 2.64. The summed E-state index contributed by atoms with van der Waals surface area (Å²) >= 11 is 1.73. The van der Waals surface area contributed by atoms with Gasteiger partial charge in [0.05, 0.1) is 10.9 Å². The molecule has 1 aliphatic rings. The largest absolute Gasteiger partial charge is 0.353 e. The van der Waals surface area contributed by atoms with Gasteiger partial charge in [-0.25, -0.2) is 15.0 Å². The standard InChI is InChI=1S/C15H16N6S/c1-11-8-14(18-10-17-11)20-4-6-21(7-5-20)15-19-12-9-16-3-2-13(12)22-15/h2-3,8-10H,4-7H2,1H3. The van der Waals surface area contributed by atoms with Gasteiger partial charge in [0.1, 0.15) is 17.7 Å². The van der Waals surface area contributed by atoms with Crippen molar-refractivity contribution in [1.29, 1.82) is 0 Å². The predicted octanol–water partition coefficient (Wildman–Crippen LogP) is 2.12. The molecule has 0 radical (unpaired) electrons. The molecular formula is C15H16N6S. The highest BCUT2D eigenvalue weighted by atomic mass is 32.1. The van der Waals surface area contributed by atoms with Gasteiger partial charge in [0, 0.05) is 44.1 Å². The first kappa shape index (κ1) is 13.4. The van der Waals surface area contributed by atoms with E-state index in [1.165, 1.54) is 4.70 Å². The Morgan fingerprint density at radius 1 is 1.09 bits per heavy atom. The molecule has 1 fully saturated rings. The van der Waals surface area contributed by atoms with Crippen LogP contribution >= 0.6 is 11.3 Å². The zero-order chi connectivity index (χ0) is 14.9. The third-order valence-corrected chi connectivity index (χ3v) is 4.94. The average molecular weight is 312 g/mol. The summed E-state index contributed by atoms with van der Waals surface area (Å²) in [5, 5.41) is 1.08. The van der Waals surface area contributed by atoms with Gasteiger partial charge in [-0.1, -0.05) is 11.3 Å². The fourth-order valence-corrected chi connectivity index (χ4v) is 3.63. The third-order valence-electron chi connectivity index (χ3n) is 3.84. The lowest BCUT2D eigenvalue weighted by Crippen LogP contribution is -2.46. The lowest BCUT2D eigenvalue weighted by atomic mass is 10.3. The minimum atomic E-state index is 0.949. The highest BCUT2D eigenvalue weighted by Crippen LogP contribution is 2.29. The maximum Gasteiger partial charge on any atom is 0.186 e. The van der Waals surface area contributed by atoms with Crippen LogP contribution in [0.15, 0.2) is 30.9 Å². The van der Waals surface area contributed by atoms with Crippen LogP contribution in [0.25, 0.3) is 10.2 Å². The molecule has 0 aromatic carbocycles. The maximum absolute atomic E-state index is 4.69. The molecule has 0 spiro atoms. The molecule has 4 rings (SSSR count). The third kappa shape index (κ3) is 2.48. The lowest BCUT2D eigenvalue weighted by Gasteiger charge is -2.35. The van der Waals surface area contributed by atoms with Crippen LogP contribution in [-0.2, 0) is 0 Å². The van der Waals surface area contributed by atoms with Gasteiger partial charge in [-0.2, -0.15) is 0 Å². The van der Waals surface area contributed by atoms with E-state index in [0.29, 0.717) is 0 Å². The molecule has 7 heteroatoms. The molecule has 1 saturated heterocycles. The summed E-state index contributed by atoms with van der Waals surface area (Å²) in [5.41, 5.74) is 1.99. The Balaban J connectivity index is 1.49. The summed E-state index contributed by atoms with van der Waals surface area (Å²) in [6.07, 6.45) is 5.28. The number of pyridine rings is 1. The predicted molar refractivity (Wildman–Crippen MR) is 88.6 cm³/mol. The molecule has 6 nitrogen and oxygen atoms in total. The summed E-state index contributed by atoms with van der Waals surface area (Å²) in [6.45, 7) is 5.80. The number of hydrogen-bond acceptors (Lipinski definition) is 7. The topological polar surface area (TPSA) is 58.0 Å². The van der Waals surface area contributed by atoms with Crippen molar-refractivity contribution in [3.8, 4) is 0 Å². The monoisotopic (exact) mass is 312 g/mol. The van der Waals surface area contributed by atoms with E-state index in [4.69, 9.17) is 0 Å². The number of hydrogen-bond donors (Lipinski definition) is 0. The lowest BCUT2D eigenvalue weighted by molar-refractivity contribution is 0.645. The first-order valence-electron chi connectivity index (χ1n) is 7.29.